The lowest BCUT2D eigenvalue weighted by Crippen LogP contribution is -2.39. The first-order chi connectivity index (χ1) is 27.3. The van der Waals surface area contributed by atoms with Gasteiger partial charge in [-0.2, -0.15) is 0 Å². The highest BCUT2D eigenvalue weighted by molar-refractivity contribution is 7.79. The Morgan fingerprint density at radius 1 is 0.368 bits per heavy atom. The maximum Gasteiger partial charge on any atom is 0.104 e. The highest BCUT2D eigenvalue weighted by Crippen LogP contribution is 2.17. The van der Waals surface area contributed by atoms with Crippen LogP contribution in [0, 0.1) is 0 Å². The van der Waals surface area contributed by atoms with Crippen LogP contribution in [0.15, 0.2) is 60.7 Å². The Labute approximate surface area is 355 Å². The van der Waals surface area contributed by atoms with Crippen LogP contribution in [0.4, 0.5) is 0 Å². The quantitative estimate of drug-likeness (QED) is 0.0305. The van der Waals surface area contributed by atoms with Gasteiger partial charge in [-0.25, -0.2) is 0 Å². The molecule has 0 radical (unpaired) electrons. The summed E-state index contributed by atoms with van der Waals surface area (Å²) in [6.45, 7) is 9.49. The molecule has 2 rings (SSSR count). The third-order valence-electron chi connectivity index (χ3n) is 11.1. The molecule has 0 unspecified atom stereocenters. The van der Waals surface area contributed by atoms with Crippen LogP contribution in [0.3, 0.4) is 0 Å². The van der Waals surface area contributed by atoms with E-state index in [9.17, 15) is 0 Å². The molecule has 57 heavy (non-hydrogen) atoms. The van der Waals surface area contributed by atoms with Crippen LogP contribution >= 0.6 is 0 Å². The minimum atomic E-state index is -5.17. The van der Waals surface area contributed by atoms with E-state index < -0.39 is 10.4 Å². The van der Waals surface area contributed by atoms with Crippen LogP contribution in [0.2, 0.25) is 0 Å². The summed E-state index contributed by atoms with van der Waals surface area (Å²) >= 11 is 0. The van der Waals surface area contributed by atoms with Gasteiger partial charge in [0.25, 0.3) is 0 Å². The first-order valence-corrected chi connectivity index (χ1v) is 25.0. The number of rotatable bonds is 34. The van der Waals surface area contributed by atoms with Gasteiger partial charge in [-0.15, -0.1) is 0 Å². The van der Waals surface area contributed by atoms with Crippen molar-refractivity contribution in [1.82, 2.24) is 0 Å². The van der Waals surface area contributed by atoms with E-state index in [2.05, 4.69) is 103 Å². The van der Waals surface area contributed by atoms with Gasteiger partial charge in [0.1, 0.15) is 13.1 Å². The zero-order valence-electron chi connectivity index (χ0n) is 38.3. The van der Waals surface area contributed by atoms with Gasteiger partial charge in [0.2, 0.25) is 0 Å². The SMILES string of the molecule is CCCCCCCCCCCCCCCC[N+](C)(C)Cc1ccccc1.CCCCCCCCCCCCCCCC[N+](C)(C)Cc1ccccc1.O=S(=O)([O-])[O-]. The summed E-state index contributed by atoms with van der Waals surface area (Å²) in [5.74, 6) is 0. The predicted molar refractivity (Wildman–Crippen MR) is 245 cm³/mol. The van der Waals surface area contributed by atoms with E-state index in [0.29, 0.717) is 0 Å². The van der Waals surface area contributed by atoms with Crippen LogP contribution < -0.4 is 0 Å². The van der Waals surface area contributed by atoms with Gasteiger partial charge >= 0.3 is 0 Å². The number of hydrogen-bond acceptors (Lipinski definition) is 4. The van der Waals surface area contributed by atoms with Gasteiger partial charge in [0.15, 0.2) is 0 Å². The summed E-state index contributed by atoms with van der Waals surface area (Å²) in [6, 6.07) is 21.9. The van der Waals surface area contributed by atoms with Crippen LogP contribution in [-0.2, 0) is 23.5 Å². The highest BCUT2D eigenvalue weighted by Gasteiger charge is 2.16. The van der Waals surface area contributed by atoms with E-state index in [0.717, 1.165) is 22.1 Å². The standard InChI is InChI=1S/2C25H46N.H2O4S/c2*1-4-5-6-7-8-9-10-11-12-13-14-15-16-20-23-26(2,3)24-25-21-18-17-19-22-25;1-5(2,3)4/h2*17-19,21-22H,4-16,20,23-24H2,1-3H3;(H2,1,2,3,4)/q2*+1;/p-2. The summed E-state index contributed by atoms with van der Waals surface area (Å²) in [4.78, 5) is 0. The summed E-state index contributed by atoms with van der Waals surface area (Å²) < 4.78 is 36.3. The smallest absolute Gasteiger partial charge is 0.104 e. The van der Waals surface area contributed by atoms with Gasteiger partial charge in [0, 0.05) is 21.5 Å². The van der Waals surface area contributed by atoms with Gasteiger partial charge in [-0.3, -0.25) is 8.42 Å². The molecule has 0 N–H and O–H groups in total. The fourth-order valence-corrected chi connectivity index (χ4v) is 7.78. The lowest BCUT2D eigenvalue weighted by Gasteiger charge is -2.30. The van der Waals surface area contributed by atoms with Crippen LogP contribution in [-0.4, -0.2) is 67.8 Å². The minimum absolute atomic E-state index is 1.11. The zero-order valence-corrected chi connectivity index (χ0v) is 39.2. The lowest BCUT2D eigenvalue weighted by atomic mass is 10.0. The Kier molecular flexibility index (Phi) is 36.1. The van der Waals surface area contributed by atoms with Gasteiger partial charge in [-0.05, 0) is 25.7 Å². The van der Waals surface area contributed by atoms with Crippen molar-refractivity contribution in [3.63, 3.8) is 0 Å². The first kappa shape index (κ1) is 55.2. The largest absolute Gasteiger partial charge is 0.759 e. The Balaban J connectivity index is 0.000000982. The molecule has 0 aliphatic heterocycles. The molecule has 2 aromatic rings. The Morgan fingerprint density at radius 3 is 0.772 bits per heavy atom. The number of quaternary nitrogens is 2. The number of unbranched alkanes of at least 4 members (excludes halogenated alkanes) is 26. The second kappa shape index (κ2) is 37.2. The molecule has 0 heterocycles. The van der Waals surface area contributed by atoms with Crippen molar-refractivity contribution in [2.75, 3.05) is 41.3 Å². The van der Waals surface area contributed by atoms with Gasteiger partial charge < -0.3 is 18.1 Å². The minimum Gasteiger partial charge on any atom is -0.759 e. The molecule has 0 aliphatic carbocycles. The van der Waals surface area contributed by atoms with E-state index >= 15 is 0 Å². The Hall–Kier alpha value is -1.77. The molecule has 0 fully saturated rings. The molecule has 2 aromatic carbocycles. The first-order valence-electron chi connectivity index (χ1n) is 23.7. The molecule has 0 atom stereocenters. The van der Waals surface area contributed by atoms with Gasteiger partial charge in [0.05, 0.1) is 41.3 Å². The maximum absolute atomic E-state index is 8.52. The number of benzene rings is 2. The Bertz CT molecular complexity index is 1130. The second-order valence-electron chi connectivity index (χ2n) is 18.2. The fraction of sp³-hybridized carbons (Fsp3) is 0.760. The molecule has 6 nitrogen and oxygen atoms in total. The van der Waals surface area contributed by atoms with Crippen molar-refractivity contribution in [2.24, 2.45) is 0 Å². The second-order valence-corrected chi connectivity index (χ2v) is 19.0. The molecule has 0 aliphatic rings. The molecule has 0 spiro atoms. The van der Waals surface area contributed by atoms with Crippen molar-refractivity contribution in [2.45, 2.75) is 207 Å². The van der Waals surface area contributed by atoms with Crippen LogP contribution in [0.5, 0.6) is 0 Å². The maximum atomic E-state index is 8.52. The van der Waals surface area contributed by atoms with Crippen LogP contribution in [0.1, 0.15) is 205 Å². The molecular formula is C50H92N2O4S. The summed E-state index contributed by atoms with van der Waals surface area (Å²) in [5, 5.41) is 0. The van der Waals surface area contributed by atoms with E-state index in [1.54, 1.807) is 0 Å². The molecule has 0 saturated carbocycles. The summed E-state index contributed by atoms with van der Waals surface area (Å²) in [6.07, 6.45) is 40.4. The zero-order chi connectivity index (χ0) is 42.4. The normalized spacial score (nSPS) is 11.8. The van der Waals surface area contributed by atoms with E-state index in [-0.39, 0.29) is 0 Å². The van der Waals surface area contributed by atoms with Crippen molar-refractivity contribution in [3.8, 4) is 0 Å². The molecule has 0 bridgehead atoms. The third kappa shape index (κ3) is 43.6. The summed E-state index contributed by atoms with van der Waals surface area (Å²) in [7, 11) is 4.31. The van der Waals surface area contributed by atoms with E-state index in [4.69, 9.17) is 17.5 Å². The highest BCUT2D eigenvalue weighted by atomic mass is 32.3. The topological polar surface area (TPSA) is 80.3 Å². The predicted octanol–water partition coefficient (Wildman–Crippen LogP) is 14.2. The fourth-order valence-electron chi connectivity index (χ4n) is 7.78. The molecular weight excluding hydrogens is 725 g/mol. The van der Waals surface area contributed by atoms with Gasteiger partial charge in [-0.1, -0.05) is 229 Å². The van der Waals surface area contributed by atoms with Crippen LogP contribution in [0.25, 0.3) is 0 Å². The molecule has 332 valence electrons. The lowest BCUT2D eigenvalue weighted by molar-refractivity contribution is -0.903. The van der Waals surface area contributed by atoms with E-state index in [1.165, 1.54) is 204 Å². The Morgan fingerprint density at radius 2 is 0.561 bits per heavy atom. The molecule has 0 amide bonds. The van der Waals surface area contributed by atoms with Crippen molar-refractivity contribution < 1.29 is 26.5 Å². The molecule has 0 saturated heterocycles. The van der Waals surface area contributed by atoms with Crippen molar-refractivity contribution in [1.29, 1.82) is 0 Å². The average Bonchev–Trinajstić information content (AvgIpc) is 3.15. The monoisotopic (exact) mass is 817 g/mol. The van der Waals surface area contributed by atoms with E-state index in [1.807, 2.05) is 0 Å². The number of nitrogens with zero attached hydrogens (tertiary/aromatic N) is 2. The van der Waals surface area contributed by atoms with Crippen molar-refractivity contribution in [3.05, 3.63) is 71.8 Å². The molecule has 7 heteroatoms. The third-order valence-corrected chi connectivity index (χ3v) is 11.1. The summed E-state index contributed by atoms with van der Waals surface area (Å²) in [5.41, 5.74) is 2.92. The molecule has 0 aromatic heterocycles. The van der Waals surface area contributed by atoms with Crippen molar-refractivity contribution >= 4 is 10.4 Å². The average molecular weight is 817 g/mol. The number of hydrogen-bond donors (Lipinski definition) is 0.